The Balaban J connectivity index is 4.00. The summed E-state index contributed by atoms with van der Waals surface area (Å²) >= 11 is 0. The highest BCUT2D eigenvalue weighted by molar-refractivity contribution is 5.70. The summed E-state index contributed by atoms with van der Waals surface area (Å²) < 4.78 is 5.46. The van der Waals surface area contributed by atoms with Gasteiger partial charge in [-0.15, -0.1) is 0 Å². The van der Waals surface area contributed by atoms with Crippen LogP contribution in [0, 0.1) is 5.92 Å². The van der Waals surface area contributed by atoms with Crippen LogP contribution in [0.5, 0.6) is 0 Å². The van der Waals surface area contributed by atoms with Gasteiger partial charge in [-0.05, 0) is 32.6 Å². The Hall–Kier alpha value is -0.530. The first-order valence-corrected chi connectivity index (χ1v) is 6.67. The molecule has 1 unspecified atom stereocenters. The quantitative estimate of drug-likeness (QED) is 0.578. The molecule has 2 nitrogen and oxygen atoms in total. The summed E-state index contributed by atoms with van der Waals surface area (Å²) in [6, 6.07) is 0. The van der Waals surface area contributed by atoms with Crippen molar-refractivity contribution in [2.24, 2.45) is 5.92 Å². The second kappa shape index (κ2) is 7.70. The van der Waals surface area contributed by atoms with Gasteiger partial charge in [-0.25, -0.2) is 0 Å². The van der Waals surface area contributed by atoms with E-state index in [0.717, 1.165) is 19.3 Å². The van der Waals surface area contributed by atoms with Crippen molar-refractivity contribution in [1.29, 1.82) is 0 Å². The first-order valence-electron chi connectivity index (χ1n) is 6.67. The average Bonchev–Trinajstić information content (AvgIpc) is 2.23. The minimum Gasteiger partial charge on any atom is -0.460 e. The van der Waals surface area contributed by atoms with Crippen molar-refractivity contribution >= 4 is 5.97 Å². The van der Waals surface area contributed by atoms with E-state index in [1.165, 1.54) is 12.8 Å². The van der Waals surface area contributed by atoms with Crippen LogP contribution in [-0.4, -0.2) is 11.6 Å². The highest BCUT2D eigenvalue weighted by Crippen LogP contribution is 2.20. The molecule has 0 bridgehead atoms. The molecular weight excluding hydrogens is 200 g/mol. The maximum Gasteiger partial charge on any atom is 0.306 e. The topological polar surface area (TPSA) is 26.3 Å². The molecule has 0 aliphatic heterocycles. The Morgan fingerprint density at radius 2 is 1.88 bits per heavy atom. The molecule has 1 atom stereocenters. The van der Waals surface area contributed by atoms with Crippen molar-refractivity contribution in [2.75, 3.05) is 0 Å². The molecule has 0 aliphatic rings. The van der Waals surface area contributed by atoms with Gasteiger partial charge < -0.3 is 4.74 Å². The first-order chi connectivity index (χ1) is 7.45. The Morgan fingerprint density at radius 3 is 2.31 bits per heavy atom. The second-order valence-corrected chi connectivity index (χ2v) is 5.21. The average molecular weight is 228 g/mol. The van der Waals surface area contributed by atoms with Gasteiger partial charge in [0.05, 0.1) is 0 Å². The molecule has 96 valence electrons. The molecule has 0 rings (SSSR count). The van der Waals surface area contributed by atoms with E-state index < -0.39 is 0 Å². The van der Waals surface area contributed by atoms with Crippen LogP contribution in [0.2, 0.25) is 0 Å². The number of ether oxygens (including phenoxy) is 1. The lowest BCUT2D eigenvalue weighted by atomic mass is 9.96. The molecule has 0 saturated carbocycles. The molecule has 0 fully saturated rings. The van der Waals surface area contributed by atoms with E-state index in [2.05, 4.69) is 13.8 Å². The lowest BCUT2D eigenvalue weighted by Gasteiger charge is -2.24. The predicted molar refractivity (Wildman–Crippen MR) is 68.4 cm³/mol. The normalized spacial score (nSPS) is 13.6. The van der Waals surface area contributed by atoms with Gasteiger partial charge in [0.15, 0.2) is 0 Å². The Morgan fingerprint density at radius 1 is 1.25 bits per heavy atom. The van der Waals surface area contributed by atoms with Gasteiger partial charge in [-0.1, -0.05) is 40.0 Å². The SMILES string of the molecule is CCCCC(CC)CC(=O)OC(C)(C)CC. The van der Waals surface area contributed by atoms with Crippen LogP contribution in [0.3, 0.4) is 0 Å². The summed E-state index contributed by atoms with van der Waals surface area (Å²) in [7, 11) is 0. The number of unbranched alkanes of at least 4 members (excludes halogenated alkanes) is 1. The van der Waals surface area contributed by atoms with E-state index in [-0.39, 0.29) is 11.6 Å². The van der Waals surface area contributed by atoms with Gasteiger partial charge >= 0.3 is 5.97 Å². The molecule has 0 saturated heterocycles. The zero-order valence-electron chi connectivity index (χ0n) is 11.6. The highest BCUT2D eigenvalue weighted by atomic mass is 16.6. The molecule has 0 radical (unpaired) electrons. The van der Waals surface area contributed by atoms with Crippen molar-refractivity contribution in [2.45, 2.75) is 78.7 Å². The number of carbonyl (C=O) groups excluding carboxylic acids is 1. The molecule has 0 aromatic rings. The highest BCUT2D eigenvalue weighted by Gasteiger charge is 2.22. The Kier molecular flexibility index (Phi) is 7.44. The third-order valence-corrected chi connectivity index (χ3v) is 3.24. The zero-order valence-corrected chi connectivity index (χ0v) is 11.6. The number of hydrogen-bond donors (Lipinski definition) is 0. The van der Waals surface area contributed by atoms with E-state index in [1.54, 1.807) is 0 Å². The van der Waals surface area contributed by atoms with Crippen LogP contribution in [0.25, 0.3) is 0 Å². The van der Waals surface area contributed by atoms with Crippen LogP contribution >= 0.6 is 0 Å². The molecular formula is C14H28O2. The monoisotopic (exact) mass is 228 g/mol. The van der Waals surface area contributed by atoms with Crippen molar-refractivity contribution in [3.05, 3.63) is 0 Å². The second-order valence-electron chi connectivity index (χ2n) is 5.21. The zero-order chi connectivity index (χ0) is 12.6. The molecule has 16 heavy (non-hydrogen) atoms. The first kappa shape index (κ1) is 15.5. The van der Waals surface area contributed by atoms with E-state index in [9.17, 15) is 4.79 Å². The third-order valence-electron chi connectivity index (χ3n) is 3.24. The summed E-state index contributed by atoms with van der Waals surface area (Å²) in [6.07, 6.45) is 6.08. The smallest absolute Gasteiger partial charge is 0.306 e. The van der Waals surface area contributed by atoms with Crippen molar-refractivity contribution in [3.63, 3.8) is 0 Å². The van der Waals surface area contributed by atoms with Gasteiger partial charge in [0.2, 0.25) is 0 Å². The number of rotatable bonds is 8. The summed E-state index contributed by atoms with van der Waals surface area (Å²) in [4.78, 5) is 11.7. The summed E-state index contributed by atoms with van der Waals surface area (Å²) in [5.41, 5.74) is -0.305. The van der Waals surface area contributed by atoms with Gasteiger partial charge in [0, 0.05) is 6.42 Å². The lowest BCUT2D eigenvalue weighted by molar-refractivity contribution is -0.157. The standard InChI is InChI=1S/C14H28O2/c1-6-9-10-12(7-2)11-13(15)16-14(4,5)8-3/h12H,6-11H2,1-5H3. The van der Waals surface area contributed by atoms with Crippen LogP contribution in [0.4, 0.5) is 0 Å². The number of esters is 1. The molecule has 0 aliphatic carbocycles. The maximum atomic E-state index is 11.7. The predicted octanol–water partition coefficient (Wildman–Crippen LogP) is 4.32. The maximum absolute atomic E-state index is 11.7. The summed E-state index contributed by atoms with van der Waals surface area (Å²) in [6.45, 7) is 10.3. The lowest BCUT2D eigenvalue weighted by Crippen LogP contribution is -2.28. The van der Waals surface area contributed by atoms with E-state index in [4.69, 9.17) is 4.74 Å². The van der Waals surface area contributed by atoms with Crippen LogP contribution in [0.15, 0.2) is 0 Å². The van der Waals surface area contributed by atoms with Crippen molar-refractivity contribution < 1.29 is 9.53 Å². The fourth-order valence-corrected chi connectivity index (χ4v) is 1.60. The molecule has 0 aromatic heterocycles. The minimum atomic E-state index is -0.305. The van der Waals surface area contributed by atoms with E-state index in [1.807, 2.05) is 20.8 Å². The van der Waals surface area contributed by atoms with Crippen LogP contribution < -0.4 is 0 Å². The molecule has 0 N–H and O–H groups in total. The largest absolute Gasteiger partial charge is 0.460 e. The fraction of sp³-hybridized carbons (Fsp3) is 0.929. The summed E-state index contributed by atoms with van der Waals surface area (Å²) in [5, 5.41) is 0. The van der Waals surface area contributed by atoms with Gasteiger partial charge in [0.25, 0.3) is 0 Å². The third kappa shape index (κ3) is 6.86. The Bertz CT molecular complexity index is 197. The van der Waals surface area contributed by atoms with Crippen molar-refractivity contribution in [3.8, 4) is 0 Å². The Labute approximate surface area is 101 Å². The van der Waals surface area contributed by atoms with Crippen molar-refractivity contribution in [1.82, 2.24) is 0 Å². The van der Waals surface area contributed by atoms with E-state index >= 15 is 0 Å². The molecule has 0 heterocycles. The van der Waals surface area contributed by atoms with Gasteiger partial charge in [-0.2, -0.15) is 0 Å². The molecule has 0 aromatic carbocycles. The van der Waals surface area contributed by atoms with E-state index in [0.29, 0.717) is 12.3 Å². The van der Waals surface area contributed by atoms with Crippen LogP contribution in [-0.2, 0) is 9.53 Å². The minimum absolute atomic E-state index is 0.0326. The number of carbonyl (C=O) groups is 1. The number of hydrogen-bond acceptors (Lipinski definition) is 2. The van der Waals surface area contributed by atoms with Gasteiger partial charge in [-0.3, -0.25) is 4.79 Å². The van der Waals surface area contributed by atoms with Crippen LogP contribution in [0.1, 0.15) is 73.1 Å². The fourth-order valence-electron chi connectivity index (χ4n) is 1.60. The molecule has 0 amide bonds. The molecule has 2 heteroatoms. The molecule has 0 spiro atoms. The summed E-state index contributed by atoms with van der Waals surface area (Å²) in [5.74, 6) is 0.468. The van der Waals surface area contributed by atoms with Gasteiger partial charge in [0.1, 0.15) is 5.60 Å².